The number of ether oxygens (including phenoxy) is 1. The van der Waals surface area contributed by atoms with Crippen molar-refractivity contribution in [3.63, 3.8) is 0 Å². The summed E-state index contributed by atoms with van der Waals surface area (Å²) in [5.41, 5.74) is 0. The number of nitrogens with zero attached hydrogens (tertiary/aromatic N) is 1. The predicted molar refractivity (Wildman–Crippen MR) is 85.5 cm³/mol. The molecule has 1 saturated carbocycles. The molecule has 0 bridgehead atoms. The molecule has 0 aromatic rings. The van der Waals surface area contributed by atoms with Gasteiger partial charge in [0.1, 0.15) is 15.9 Å². The molecule has 0 spiro atoms. The number of hydrogen-bond acceptors (Lipinski definition) is 5. The van der Waals surface area contributed by atoms with Gasteiger partial charge in [0.05, 0.1) is 19.0 Å². The fourth-order valence-corrected chi connectivity index (χ4v) is 4.10. The monoisotopic (exact) mass is 332 g/mol. The highest BCUT2D eigenvalue weighted by Crippen LogP contribution is 2.26. The molecular formula is C15H28N2O4S. The van der Waals surface area contributed by atoms with Crippen LogP contribution in [0.5, 0.6) is 0 Å². The van der Waals surface area contributed by atoms with Gasteiger partial charge in [0.2, 0.25) is 5.91 Å². The zero-order valence-electron chi connectivity index (χ0n) is 13.6. The number of hydrogen-bond donors (Lipinski definition) is 1. The topological polar surface area (TPSA) is 75.7 Å². The van der Waals surface area contributed by atoms with Gasteiger partial charge in [-0.3, -0.25) is 9.69 Å². The fourth-order valence-electron chi connectivity index (χ4n) is 3.32. The van der Waals surface area contributed by atoms with E-state index >= 15 is 0 Å². The highest BCUT2D eigenvalue weighted by atomic mass is 32.2. The Morgan fingerprint density at radius 1 is 1.36 bits per heavy atom. The van der Waals surface area contributed by atoms with Gasteiger partial charge < -0.3 is 10.1 Å². The van der Waals surface area contributed by atoms with E-state index in [-0.39, 0.29) is 23.7 Å². The van der Waals surface area contributed by atoms with E-state index in [1.165, 1.54) is 19.1 Å². The Morgan fingerprint density at radius 3 is 2.68 bits per heavy atom. The van der Waals surface area contributed by atoms with Crippen LogP contribution in [0.3, 0.4) is 0 Å². The van der Waals surface area contributed by atoms with E-state index < -0.39 is 9.84 Å². The van der Waals surface area contributed by atoms with E-state index in [1.54, 1.807) is 0 Å². The molecule has 1 N–H and O–H groups in total. The Morgan fingerprint density at radius 2 is 2.05 bits per heavy atom. The second-order valence-electron chi connectivity index (χ2n) is 6.60. The first-order valence-corrected chi connectivity index (χ1v) is 10.2. The lowest BCUT2D eigenvalue weighted by Gasteiger charge is -2.39. The molecule has 1 amide bonds. The SMILES string of the molecule is CC(CCS(C)(=O)=O)NC(=O)C1COCCN1C1CCCC1. The van der Waals surface area contributed by atoms with Crippen LogP contribution in [0.25, 0.3) is 0 Å². The first-order chi connectivity index (χ1) is 10.4. The summed E-state index contributed by atoms with van der Waals surface area (Å²) >= 11 is 0. The predicted octanol–water partition coefficient (Wildman–Crippen LogP) is 0.569. The van der Waals surface area contributed by atoms with Crippen LogP contribution in [0.4, 0.5) is 0 Å². The largest absolute Gasteiger partial charge is 0.378 e. The molecule has 1 aliphatic heterocycles. The average molecular weight is 332 g/mol. The van der Waals surface area contributed by atoms with Gasteiger partial charge in [-0.1, -0.05) is 12.8 Å². The molecule has 7 heteroatoms. The Balaban J connectivity index is 1.88. The van der Waals surface area contributed by atoms with Crippen molar-refractivity contribution in [2.75, 3.05) is 31.8 Å². The number of nitrogens with one attached hydrogen (secondary N) is 1. The average Bonchev–Trinajstić information content (AvgIpc) is 2.98. The summed E-state index contributed by atoms with van der Waals surface area (Å²) in [6.45, 7) is 3.78. The maximum Gasteiger partial charge on any atom is 0.239 e. The van der Waals surface area contributed by atoms with E-state index in [4.69, 9.17) is 4.74 Å². The van der Waals surface area contributed by atoms with Crippen molar-refractivity contribution in [1.82, 2.24) is 10.2 Å². The number of morpholine rings is 1. The molecule has 2 rings (SSSR count). The first kappa shape index (κ1) is 17.7. The van der Waals surface area contributed by atoms with Crippen LogP contribution in [0.1, 0.15) is 39.0 Å². The minimum atomic E-state index is -2.99. The van der Waals surface area contributed by atoms with E-state index in [9.17, 15) is 13.2 Å². The van der Waals surface area contributed by atoms with Crippen LogP contribution in [0, 0.1) is 0 Å². The second kappa shape index (κ2) is 7.75. The molecular weight excluding hydrogens is 304 g/mol. The van der Waals surface area contributed by atoms with Crippen molar-refractivity contribution in [3.05, 3.63) is 0 Å². The fraction of sp³-hybridized carbons (Fsp3) is 0.933. The molecule has 2 fully saturated rings. The van der Waals surface area contributed by atoms with E-state index in [0.29, 0.717) is 25.7 Å². The molecule has 2 unspecified atom stereocenters. The van der Waals surface area contributed by atoms with Gasteiger partial charge in [-0.05, 0) is 26.2 Å². The molecule has 0 radical (unpaired) electrons. The van der Waals surface area contributed by atoms with Crippen molar-refractivity contribution in [2.45, 2.75) is 57.2 Å². The van der Waals surface area contributed by atoms with Gasteiger partial charge in [0.15, 0.2) is 0 Å². The van der Waals surface area contributed by atoms with Crippen LogP contribution in [0.2, 0.25) is 0 Å². The summed E-state index contributed by atoms with van der Waals surface area (Å²) in [7, 11) is -2.99. The Labute approximate surface area is 133 Å². The minimum Gasteiger partial charge on any atom is -0.378 e. The number of carbonyl (C=O) groups is 1. The van der Waals surface area contributed by atoms with Gasteiger partial charge in [0, 0.05) is 24.9 Å². The smallest absolute Gasteiger partial charge is 0.239 e. The normalized spacial score (nSPS) is 26.0. The molecule has 2 atom stereocenters. The third kappa shape index (κ3) is 5.21. The maximum atomic E-state index is 12.5. The minimum absolute atomic E-state index is 0.0346. The lowest BCUT2D eigenvalue weighted by atomic mass is 10.1. The maximum absolute atomic E-state index is 12.5. The van der Waals surface area contributed by atoms with Crippen molar-refractivity contribution in [3.8, 4) is 0 Å². The molecule has 128 valence electrons. The lowest BCUT2D eigenvalue weighted by molar-refractivity contribution is -0.135. The van der Waals surface area contributed by atoms with E-state index in [1.807, 2.05) is 6.92 Å². The molecule has 6 nitrogen and oxygen atoms in total. The first-order valence-electron chi connectivity index (χ1n) is 8.18. The summed E-state index contributed by atoms with van der Waals surface area (Å²) in [5.74, 6) is 0.0645. The molecule has 0 aromatic carbocycles. The Kier molecular flexibility index (Phi) is 6.23. The van der Waals surface area contributed by atoms with Crippen LogP contribution in [-0.4, -0.2) is 69.1 Å². The molecule has 0 aromatic heterocycles. The number of sulfone groups is 1. The summed E-state index contributed by atoms with van der Waals surface area (Å²) in [4.78, 5) is 14.8. The summed E-state index contributed by atoms with van der Waals surface area (Å²) in [6, 6.07) is 0.109. The molecule has 1 heterocycles. The quantitative estimate of drug-likeness (QED) is 0.769. The van der Waals surface area contributed by atoms with Gasteiger partial charge in [-0.25, -0.2) is 8.42 Å². The van der Waals surface area contributed by atoms with Gasteiger partial charge in [-0.15, -0.1) is 0 Å². The van der Waals surface area contributed by atoms with Crippen molar-refractivity contribution >= 4 is 15.7 Å². The third-order valence-electron chi connectivity index (χ3n) is 4.58. The summed E-state index contributed by atoms with van der Waals surface area (Å²) < 4.78 is 27.9. The van der Waals surface area contributed by atoms with Gasteiger partial charge >= 0.3 is 0 Å². The standard InChI is InChI=1S/C15H28N2O4S/c1-12(7-10-22(2,19)20)16-15(18)14-11-21-9-8-17(14)13-5-3-4-6-13/h12-14H,3-11H2,1-2H3,(H,16,18). The zero-order valence-corrected chi connectivity index (χ0v) is 14.4. The van der Waals surface area contributed by atoms with Crippen LogP contribution in [0.15, 0.2) is 0 Å². The van der Waals surface area contributed by atoms with Crippen LogP contribution < -0.4 is 5.32 Å². The Hall–Kier alpha value is -0.660. The third-order valence-corrected chi connectivity index (χ3v) is 5.55. The summed E-state index contributed by atoms with van der Waals surface area (Å²) in [5, 5.41) is 2.95. The number of carbonyl (C=O) groups excluding carboxylic acids is 1. The lowest BCUT2D eigenvalue weighted by Crippen LogP contribution is -2.57. The number of amides is 1. The van der Waals surface area contributed by atoms with Crippen LogP contribution in [-0.2, 0) is 19.4 Å². The van der Waals surface area contributed by atoms with Crippen LogP contribution >= 0.6 is 0 Å². The summed E-state index contributed by atoms with van der Waals surface area (Å²) in [6.07, 6.45) is 6.46. The molecule has 1 saturated heterocycles. The zero-order chi connectivity index (χ0) is 16.2. The highest BCUT2D eigenvalue weighted by Gasteiger charge is 2.35. The van der Waals surface area contributed by atoms with E-state index in [2.05, 4.69) is 10.2 Å². The second-order valence-corrected chi connectivity index (χ2v) is 8.85. The molecule has 2 aliphatic rings. The molecule has 22 heavy (non-hydrogen) atoms. The Bertz CT molecular complexity index is 474. The highest BCUT2D eigenvalue weighted by molar-refractivity contribution is 7.90. The molecule has 1 aliphatic carbocycles. The van der Waals surface area contributed by atoms with Gasteiger partial charge in [0.25, 0.3) is 0 Å². The van der Waals surface area contributed by atoms with E-state index in [0.717, 1.165) is 19.4 Å². The van der Waals surface area contributed by atoms with Crippen molar-refractivity contribution in [1.29, 1.82) is 0 Å². The number of rotatable bonds is 6. The van der Waals surface area contributed by atoms with Crippen molar-refractivity contribution in [2.24, 2.45) is 0 Å². The van der Waals surface area contributed by atoms with Gasteiger partial charge in [-0.2, -0.15) is 0 Å². The van der Waals surface area contributed by atoms with Crippen molar-refractivity contribution < 1.29 is 17.9 Å².